The van der Waals surface area contributed by atoms with Gasteiger partial charge in [0.2, 0.25) is 5.91 Å². The van der Waals surface area contributed by atoms with Crippen LogP contribution in [0.25, 0.3) is 0 Å². The van der Waals surface area contributed by atoms with Crippen molar-refractivity contribution >= 4 is 24.0 Å². The Morgan fingerprint density at radius 1 is 1.27 bits per heavy atom. The molecule has 0 aromatic heterocycles. The number of carbonyl (C=O) groups is 1. The molecule has 5 nitrogen and oxygen atoms in total. The molecule has 1 aromatic rings. The molecule has 124 valence electrons. The van der Waals surface area contributed by atoms with Gasteiger partial charge in [-0.1, -0.05) is 0 Å². The Morgan fingerprint density at radius 3 is 2.45 bits per heavy atom. The summed E-state index contributed by atoms with van der Waals surface area (Å²) >= 11 is 0. The first-order chi connectivity index (χ1) is 10.00. The van der Waals surface area contributed by atoms with Gasteiger partial charge in [0.25, 0.3) is 0 Å². The normalized spacial score (nSPS) is 20.7. The van der Waals surface area contributed by atoms with E-state index in [0.717, 1.165) is 30.6 Å². The van der Waals surface area contributed by atoms with Crippen LogP contribution in [-0.4, -0.2) is 33.2 Å². The Kier molecular flexibility index (Phi) is 6.50. The number of amides is 1. The number of benzene rings is 1. The van der Waals surface area contributed by atoms with Crippen molar-refractivity contribution in [3.8, 4) is 11.5 Å². The molecule has 1 fully saturated rings. The largest absolute Gasteiger partial charge is 0.493 e. The average Bonchev–Trinajstić information content (AvgIpc) is 2.49. The maximum Gasteiger partial charge on any atom is 0.231 e. The molecule has 0 aliphatic carbocycles. The first-order valence-electron chi connectivity index (χ1n) is 7.25. The van der Waals surface area contributed by atoms with Gasteiger partial charge in [-0.2, -0.15) is 0 Å². The molecule has 2 N–H and O–H groups in total. The lowest BCUT2D eigenvalue weighted by Gasteiger charge is -2.32. The number of ether oxygens (including phenoxy) is 2. The minimum atomic E-state index is -0.363. The molecule has 1 heterocycles. The highest BCUT2D eigenvalue weighted by Gasteiger charge is 2.34. The molecule has 6 heteroatoms. The maximum absolute atomic E-state index is 12.6. The third-order valence-electron chi connectivity index (χ3n) is 4.12. The van der Waals surface area contributed by atoms with E-state index in [2.05, 4.69) is 10.6 Å². The fraction of sp³-hybridized carbons (Fsp3) is 0.562. The van der Waals surface area contributed by atoms with E-state index >= 15 is 0 Å². The number of hydrogen-bond donors (Lipinski definition) is 2. The second-order valence-corrected chi connectivity index (χ2v) is 5.82. The molecule has 0 saturated carbocycles. The molecule has 1 aromatic carbocycles. The zero-order chi connectivity index (χ0) is 15.5. The molecule has 0 spiro atoms. The summed E-state index contributed by atoms with van der Waals surface area (Å²) in [4.78, 5) is 12.6. The summed E-state index contributed by atoms with van der Waals surface area (Å²) in [5.41, 5.74) is 1.36. The van der Waals surface area contributed by atoms with E-state index in [4.69, 9.17) is 9.47 Å². The van der Waals surface area contributed by atoms with Crippen LogP contribution in [0.1, 0.15) is 25.3 Å². The lowest BCUT2D eigenvalue weighted by molar-refractivity contribution is -0.125. The lowest BCUT2D eigenvalue weighted by Crippen LogP contribution is -2.46. The summed E-state index contributed by atoms with van der Waals surface area (Å²) in [5, 5.41) is 6.32. The summed E-state index contributed by atoms with van der Waals surface area (Å²) in [6, 6.07) is 3.68. The third kappa shape index (κ3) is 3.84. The number of methoxy groups -OCH3 is 2. The molecule has 1 saturated heterocycles. The van der Waals surface area contributed by atoms with Crippen molar-refractivity contribution in [3.05, 3.63) is 17.7 Å². The van der Waals surface area contributed by atoms with Crippen molar-refractivity contribution in [2.75, 3.05) is 32.6 Å². The van der Waals surface area contributed by atoms with Gasteiger partial charge in [0.15, 0.2) is 11.5 Å². The van der Waals surface area contributed by atoms with Crippen LogP contribution in [0.2, 0.25) is 0 Å². The Bertz CT molecular complexity index is 528. The van der Waals surface area contributed by atoms with Gasteiger partial charge in [0.05, 0.1) is 19.6 Å². The molecule has 0 bridgehead atoms. The van der Waals surface area contributed by atoms with Crippen molar-refractivity contribution in [3.63, 3.8) is 0 Å². The molecule has 0 radical (unpaired) electrons. The van der Waals surface area contributed by atoms with Gasteiger partial charge >= 0.3 is 0 Å². The van der Waals surface area contributed by atoms with E-state index < -0.39 is 0 Å². The van der Waals surface area contributed by atoms with Gasteiger partial charge in [0.1, 0.15) is 0 Å². The van der Waals surface area contributed by atoms with Crippen molar-refractivity contribution in [2.45, 2.75) is 26.7 Å². The van der Waals surface area contributed by atoms with Gasteiger partial charge in [-0.3, -0.25) is 4.79 Å². The van der Waals surface area contributed by atoms with Crippen LogP contribution in [0.4, 0.5) is 5.69 Å². The maximum atomic E-state index is 12.6. The summed E-state index contributed by atoms with van der Waals surface area (Å²) in [7, 11) is 3.19. The van der Waals surface area contributed by atoms with Crippen molar-refractivity contribution in [1.29, 1.82) is 0 Å². The molecule has 1 aliphatic heterocycles. The summed E-state index contributed by atoms with van der Waals surface area (Å²) < 4.78 is 10.6. The van der Waals surface area contributed by atoms with Crippen LogP contribution in [0.5, 0.6) is 11.5 Å². The van der Waals surface area contributed by atoms with E-state index in [1.165, 1.54) is 0 Å². The van der Waals surface area contributed by atoms with Crippen LogP contribution >= 0.6 is 12.4 Å². The first kappa shape index (κ1) is 18.6. The van der Waals surface area contributed by atoms with Crippen LogP contribution < -0.4 is 20.1 Å². The number of carbonyl (C=O) groups excluding carboxylic acids is 1. The molecule has 1 unspecified atom stereocenters. The number of anilines is 1. The van der Waals surface area contributed by atoms with Crippen LogP contribution in [0.3, 0.4) is 0 Å². The second-order valence-electron chi connectivity index (χ2n) is 5.82. The van der Waals surface area contributed by atoms with Crippen LogP contribution in [-0.2, 0) is 4.79 Å². The van der Waals surface area contributed by atoms with Gasteiger partial charge in [-0.15, -0.1) is 12.4 Å². The van der Waals surface area contributed by atoms with Gasteiger partial charge < -0.3 is 20.1 Å². The summed E-state index contributed by atoms with van der Waals surface area (Å²) in [5.74, 6) is 1.33. The number of hydrogen-bond acceptors (Lipinski definition) is 4. The van der Waals surface area contributed by atoms with Gasteiger partial charge in [-0.05, 0) is 44.9 Å². The Labute approximate surface area is 138 Å². The fourth-order valence-corrected chi connectivity index (χ4v) is 2.64. The van der Waals surface area contributed by atoms with Crippen molar-refractivity contribution in [1.82, 2.24) is 5.32 Å². The third-order valence-corrected chi connectivity index (χ3v) is 4.12. The van der Waals surface area contributed by atoms with Gasteiger partial charge in [0, 0.05) is 18.3 Å². The lowest BCUT2D eigenvalue weighted by atomic mass is 9.82. The van der Waals surface area contributed by atoms with Crippen LogP contribution in [0.15, 0.2) is 12.1 Å². The van der Waals surface area contributed by atoms with Crippen molar-refractivity contribution in [2.24, 2.45) is 5.41 Å². The predicted molar refractivity (Wildman–Crippen MR) is 90.4 cm³/mol. The standard InChI is InChI=1S/C16H24N2O3.ClH/c1-11-8-13(20-3)14(21-4)9-12(11)18-15(19)16(2)6-5-7-17-10-16;/h8-9,17H,5-7,10H2,1-4H3,(H,18,19);1H. The SMILES string of the molecule is COc1cc(C)c(NC(=O)C2(C)CCCNC2)cc1OC.Cl. The van der Waals surface area contributed by atoms with Gasteiger partial charge in [-0.25, -0.2) is 0 Å². The molecular weight excluding hydrogens is 304 g/mol. The quantitative estimate of drug-likeness (QED) is 0.892. The highest BCUT2D eigenvalue weighted by atomic mass is 35.5. The van der Waals surface area contributed by atoms with Crippen molar-refractivity contribution < 1.29 is 14.3 Å². The first-order valence-corrected chi connectivity index (χ1v) is 7.25. The highest BCUT2D eigenvalue weighted by molar-refractivity contribution is 5.96. The zero-order valence-corrected chi connectivity index (χ0v) is 14.4. The molecule has 1 atom stereocenters. The fourth-order valence-electron chi connectivity index (χ4n) is 2.64. The van der Waals surface area contributed by atoms with E-state index in [9.17, 15) is 4.79 Å². The summed E-state index contributed by atoms with van der Waals surface area (Å²) in [6.45, 7) is 5.65. The Hall–Kier alpha value is -1.46. The minimum absolute atomic E-state index is 0. The van der Waals surface area contributed by atoms with E-state index in [1.54, 1.807) is 14.2 Å². The number of aryl methyl sites for hydroxylation is 1. The monoisotopic (exact) mass is 328 g/mol. The molecule has 2 rings (SSSR count). The van der Waals surface area contributed by atoms with Crippen LogP contribution in [0, 0.1) is 12.3 Å². The zero-order valence-electron chi connectivity index (χ0n) is 13.6. The number of rotatable bonds is 4. The summed E-state index contributed by atoms with van der Waals surface area (Å²) in [6.07, 6.45) is 1.92. The van der Waals surface area contributed by atoms with E-state index in [1.807, 2.05) is 26.0 Å². The molecule has 1 aliphatic rings. The number of piperidine rings is 1. The topological polar surface area (TPSA) is 59.6 Å². The number of nitrogens with one attached hydrogen (secondary N) is 2. The van der Waals surface area contributed by atoms with E-state index in [0.29, 0.717) is 18.0 Å². The smallest absolute Gasteiger partial charge is 0.231 e. The molecular formula is C16H25ClN2O3. The van der Waals surface area contributed by atoms with E-state index in [-0.39, 0.29) is 23.7 Å². The Morgan fingerprint density at radius 2 is 1.91 bits per heavy atom. The molecule has 22 heavy (non-hydrogen) atoms. The number of halogens is 1. The predicted octanol–water partition coefficient (Wildman–Crippen LogP) is 2.76. The second kappa shape index (κ2) is 7.70. The average molecular weight is 329 g/mol. The minimum Gasteiger partial charge on any atom is -0.493 e. The Balaban J connectivity index is 0.00000242. The highest BCUT2D eigenvalue weighted by Crippen LogP contribution is 2.34. The molecule has 1 amide bonds.